The van der Waals surface area contributed by atoms with Crippen molar-refractivity contribution in [2.24, 2.45) is 0 Å². The van der Waals surface area contributed by atoms with Crippen molar-refractivity contribution in [1.82, 2.24) is 0 Å². The lowest BCUT2D eigenvalue weighted by atomic mass is 10.0. The Kier molecular flexibility index (Phi) is 29.6. The van der Waals surface area contributed by atoms with Crippen molar-refractivity contribution in [1.29, 1.82) is 0 Å². The summed E-state index contributed by atoms with van der Waals surface area (Å²) < 4.78 is 5.67. The van der Waals surface area contributed by atoms with Crippen molar-refractivity contribution < 1.29 is 9.53 Å². The number of alkyl halides is 1. The summed E-state index contributed by atoms with van der Waals surface area (Å²) in [6.07, 6.45) is 35.5. The van der Waals surface area contributed by atoms with Crippen molar-refractivity contribution in [2.45, 2.75) is 191 Å². The van der Waals surface area contributed by atoms with Gasteiger partial charge in [0, 0.05) is 6.42 Å². The summed E-state index contributed by atoms with van der Waals surface area (Å²) in [7, 11) is 0. The number of hydrogen-bond acceptors (Lipinski definition) is 2. The van der Waals surface area contributed by atoms with Crippen LogP contribution in [-0.4, -0.2) is 10.1 Å². The minimum absolute atomic E-state index is 0.0150. The first kappa shape index (κ1) is 34.2. The highest BCUT2D eigenvalue weighted by molar-refractivity contribution is 14.1. The normalized spacial score (nSPS) is 12.2. The molecule has 1 atom stereocenters. The van der Waals surface area contributed by atoms with E-state index in [9.17, 15) is 4.79 Å². The Bertz CT molecular complexity index is 399. The van der Waals surface area contributed by atoms with Crippen LogP contribution in [0.15, 0.2) is 0 Å². The van der Waals surface area contributed by atoms with Crippen LogP contribution in [0, 0.1) is 0 Å². The monoisotopic (exact) mass is 592 g/mol. The van der Waals surface area contributed by atoms with Crippen LogP contribution in [0.1, 0.15) is 187 Å². The van der Waals surface area contributed by atoms with Crippen molar-refractivity contribution in [3.8, 4) is 0 Å². The quantitative estimate of drug-likeness (QED) is 0.0391. The molecular formula is C31H61IO2. The third kappa shape index (κ3) is 28.4. The van der Waals surface area contributed by atoms with Crippen LogP contribution < -0.4 is 0 Å². The highest BCUT2D eigenvalue weighted by atomic mass is 127. The molecule has 3 heteroatoms. The molecule has 0 N–H and O–H groups in total. The van der Waals surface area contributed by atoms with E-state index < -0.39 is 0 Å². The summed E-state index contributed by atoms with van der Waals surface area (Å²) >= 11 is 2.30. The van der Waals surface area contributed by atoms with Crippen molar-refractivity contribution in [3.63, 3.8) is 0 Å². The Balaban J connectivity index is 3.27. The van der Waals surface area contributed by atoms with Gasteiger partial charge in [0.15, 0.2) is 4.11 Å². The van der Waals surface area contributed by atoms with Crippen molar-refractivity contribution in [2.75, 3.05) is 0 Å². The van der Waals surface area contributed by atoms with Gasteiger partial charge in [-0.3, -0.25) is 4.79 Å². The molecule has 0 bridgehead atoms. The van der Waals surface area contributed by atoms with E-state index in [0.717, 1.165) is 12.8 Å². The second kappa shape index (κ2) is 29.4. The van der Waals surface area contributed by atoms with Crippen LogP contribution in [0.5, 0.6) is 0 Å². The summed E-state index contributed by atoms with van der Waals surface area (Å²) in [5.41, 5.74) is 0. The fourth-order valence-corrected chi connectivity index (χ4v) is 5.42. The minimum Gasteiger partial charge on any atom is -0.452 e. The molecule has 34 heavy (non-hydrogen) atoms. The number of carbonyl (C=O) groups is 1. The second-order valence-electron chi connectivity index (χ2n) is 10.6. The highest BCUT2D eigenvalue weighted by Crippen LogP contribution is 2.18. The Labute approximate surface area is 228 Å². The maximum absolute atomic E-state index is 12.0. The number of carbonyl (C=O) groups excluding carboxylic acids is 1. The molecular weight excluding hydrogens is 531 g/mol. The molecule has 0 heterocycles. The lowest BCUT2D eigenvalue weighted by Gasteiger charge is -2.11. The molecule has 0 radical (unpaired) electrons. The van der Waals surface area contributed by atoms with E-state index in [2.05, 4.69) is 36.4 Å². The van der Waals surface area contributed by atoms with E-state index in [1.165, 1.54) is 154 Å². The zero-order valence-electron chi connectivity index (χ0n) is 23.4. The zero-order valence-corrected chi connectivity index (χ0v) is 25.5. The molecule has 0 saturated heterocycles. The Morgan fingerprint density at radius 2 is 0.794 bits per heavy atom. The van der Waals surface area contributed by atoms with Gasteiger partial charge in [0.2, 0.25) is 0 Å². The number of ether oxygens (including phenoxy) is 1. The molecule has 0 aromatic heterocycles. The third-order valence-electron chi connectivity index (χ3n) is 7.03. The smallest absolute Gasteiger partial charge is 0.306 e. The predicted octanol–water partition coefficient (Wildman–Crippen LogP) is 11.9. The molecule has 0 aliphatic carbocycles. The summed E-state index contributed by atoms with van der Waals surface area (Å²) in [5, 5.41) is 0. The van der Waals surface area contributed by atoms with Gasteiger partial charge in [0.25, 0.3) is 0 Å². The van der Waals surface area contributed by atoms with Crippen LogP contribution in [0.4, 0.5) is 0 Å². The second-order valence-corrected chi connectivity index (χ2v) is 12.0. The molecule has 0 amide bonds. The largest absolute Gasteiger partial charge is 0.452 e. The van der Waals surface area contributed by atoms with Gasteiger partial charge in [0.05, 0.1) is 0 Å². The van der Waals surface area contributed by atoms with E-state index in [4.69, 9.17) is 4.74 Å². The first-order valence-corrected chi connectivity index (χ1v) is 16.8. The Morgan fingerprint density at radius 1 is 0.500 bits per heavy atom. The van der Waals surface area contributed by atoms with Crippen LogP contribution in [0.3, 0.4) is 0 Å². The maximum atomic E-state index is 12.0. The molecule has 0 saturated carbocycles. The molecule has 0 aliphatic heterocycles. The van der Waals surface area contributed by atoms with Gasteiger partial charge in [0.1, 0.15) is 0 Å². The van der Waals surface area contributed by atoms with Crippen molar-refractivity contribution >= 4 is 28.6 Å². The summed E-state index contributed by atoms with van der Waals surface area (Å²) in [6, 6.07) is 0. The number of rotatable bonds is 28. The standard InChI is InChI=1S/C31H61IO2/c1-3-5-7-9-11-13-15-16-17-18-19-21-23-25-27-29-31(33)34-30(32)28-26-24-22-20-14-12-10-8-6-4-2/h30H,3-29H2,1-2H3. The van der Waals surface area contributed by atoms with Crippen molar-refractivity contribution in [3.05, 3.63) is 0 Å². The molecule has 1 unspecified atom stereocenters. The molecule has 0 spiro atoms. The van der Waals surface area contributed by atoms with Gasteiger partial charge in [-0.05, 0) is 41.9 Å². The minimum atomic E-state index is 0.0150. The molecule has 0 fully saturated rings. The van der Waals surface area contributed by atoms with Gasteiger partial charge in [-0.25, -0.2) is 0 Å². The lowest BCUT2D eigenvalue weighted by Crippen LogP contribution is -2.11. The van der Waals surface area contributed by atoms with Gasteiger partial charge < -0.3 is 4.74 Å². The maximum Gasteiger partial charge on any atom is 0.306 e. The predicted molar refractivity (Wildman–Crippen MR) is 160 cm³/mol. The van der Waals surface area contributed by atoms with E-state index in [0.29, 0.717) is 6.42 Å². The molecule has 0 rings (SSSR count). The number of esters is 1. The molecule has 0 aromatic rings. The number of halogens is 1. The molecule has 0 aromatic carbocycles. The van der Waals surface area contributed by atoms with E-state index >= 15 is 0 Å². The van der Waals surface area contributed by atoms with Gasteiger partial charge >= 0.3 is 5.97 Å². The average molecular weight is 593 g/mol. The summed E-state index contributed by atoms with van der Waals surface area (Å²) in [6.45, 7) is 4.56. The fourth-order valence-electron chi connectivity index (χ4n) is 4.69. The summed E-state index contributed by atoms with van der Waals surface area (Å²) in [4.78, 5) is 12.0. The first-order chi connectivity index (χ1) is 16.7. The van der Waals surface area contributed by atoms with Crippen LogP contribution >= 0.6 is 22.6 Å². The Morgan fingerprint density at radius 3 is 1.15 bits per heavy atom. The number of hydrogen-bond donors (Lipinski definition) is 0. The first-order valence-electron chi connectivity index (χ1n) is 15.5. The lowest BCUT2D eigenvalue weighted by molar-refractivity contribution is -0.144. The van der Waals surface area contributed by atoms with Gasteiger partial charge in [-0.15, -0.1) is 0 Å². The highest BCUT2D eigenvalue weighted by Gasteiger charge is 2.10. The third-order valence-corrected chi connectivity index (χ3v) is 7.91. The van der Waals surface area contributed by atoms with Crippen LogP contribution in [0.2, 0.25) is 0 Å². The van der Waals surface area contributed by atoms with E-state index in [-0.39, 0.29) is 10.1 Å². The Hall–Kier alpha value is 0.200. The molecule has 0 aliphatic rings. The summed E-state index contributed by atoms with van der Waals surface area (Å²) in [5.74, 6) is 0.0150. The topological polar surface area (TPSA) is 26.3 Å². The fraction of sp³-hybridized carbons (Fsp3) is 0.968. The molecule has 2 nitrogen and oxygen atoms in total. The SMILES string of the molecule is CCCCCCCCCCCCCCCCCC(=O)OC(I)CCCCCCCCCCCC. The van der Waals surface area contributed by atoms with E-state index in [1.807, 2.05) is 0 Å². The number of unbranched alkanes of at least 4 members (excludes halogenated alkanes) is 23. The van der Waals surface area contributed by atoms with Gasteiger partial charge in [-0.2, -0.15) is 0 Å². The zero-order chi connectivity index (χ0) is 25.0. The average Bonchev–Trinajstić information content (AvgIpc) is 2.82. The van der Waals surface area contributed by atoms with Crippen LogP contribution in [-0.2, 0) is 9.53 Å². The van der Waals surface area contributed by atoms with E-state index in [1.54, 1.807) is 0 Å². The van der Waals surface area contributed by atoms with Gasteiger partial charge in [-0.1, -0.05) is 162 Å². The molecule has 204 valence electrons. The van der Waals surface area contributed by atoms with Crippen LogP contribution in [0.25, 0.3) is 0 Å².